The van der Waals surface area contributed by atoms with E-state index in [1.54, 1.807) is 25.3 Å². The molecule has 2 aromatic carbocycles. The zero-order valence-electron chi connectivity index (χ0n) is 11.7. The van der Waals surface area contributed by atoms with Crippen LogP contribution in [-0.4, -0.2) is 9.97 Å². The second-order valence-electron chi connectivity index (χ2n) is 5.03. The van der Waals surface area contributed by atoms with E-state index >= 15 is 0 Å². The van der Waals surface area contributed by atoms with Crippen molar-refractivity contribution in [1.82, 2.24) is 9.97 Å². The Kier molecular flexibility index (Phi) is 3.54. The van der Waals surface area contributed by atoms with Crippen molar-refractivity contribution < 1.29 is 4.39 Å². The lowest BCUT2D eigenvalue weighted by Crippen LogP contribution is -2.13. The topological polar surface area (TPSA) is 54.7 Å². The maximum Gasteiger partial charge on any atom is 0.128 e. The number of hydrogen-bond acceptors (Lipinski definition) is 2. The molecule has 0 aliphatic heterocycles. The molecule has 0 radical (unpaired) electrons. The van der Waals surface area contributed by atoms with Crippen molar-refractivity contribution in [1.29, 1.82) is 0 Å². The van der Waals surface area contributed by atoms with E-state index in [9.17, 15) is 4.39 Å². The van der Waals surface area contributed by atoms with Crippen molar-refractivity contribution in [2.75, 3.05) is 0 Å². The maximum atomic E-state index is 13.3. The van der Waals surface area contributed by atoms with Gasteiger partial charge in [0, 0.05) is 5.56 Å². The van der Waals surface area contributed by atoms with Gasteiger partial charge in [0.15, 0.2) is 0 Å². The van der Waals surface area contributed by atoms with Crippen LogP contribution in [0.3, 0.4) is 0 Å². The predicted molar refractivity (Wildman–Crippen MR) is 81.2 cm³/mol. The van der Waals surface area contributed by atoms with Gasteiger partial charge in [0.05, 0.1) is 17.9 Å². The second kappa shape index (κ2) is 5.50. The van der Waals surface area contributed by atoms with Gasteiger partial charge in [-0.15, -0.1) is 0 Å². The lowest BCUT2D eigenvalue weighted by atomic mass is 10.1. The summed E-state index contributed by atoms with van der Waals surface area (Å²) in [5, 5.41) is 0. The highest BCUT2D eigenvalue weighted by molar-refractivity contribution is 5.59. The number of nitrogens with two attached hydrogens (primary N) is 1. The summed E-state index contributed by atoms with van der Waals surface area (Å²) < 4.78 is 13.3. The predicted octanol–water partition coefficient (Wildman–Crippen LogP) is 3.57. The summed E-state index contributed by atoms with van der Waals surface area (Å²) in [5.41, 5.74) is 9.54. The Morgan fingerprint density at radius 3 is 2.62 bits per heavy atom. The molecule has 0 saturated heterocycles. The van der Waals surface area contributed by atoms with Crippen LogP contribution in [0.2, 0.25) is 0 Å². The first-order valence-corrected chi connectivity index (χ1v) is 6.77. The average Bonchev–Trinajstić information content (AvgIpc) is 3.00. The van der Waals surface area contributed by atoms with E-state index in [-0.39, 0.29) is 11.9 Å². The first-order chi connectivity index (χ1) is 10.1. The molecule has 0 aliphatic carbocycles. The third-order valence-corrected chi connectivity index (χ3v) is 3.52. The summed E-state index contributed by atoms with van der Waals surface area (Å²) in [5.74, 6) is 0.484. The van der Waals surface area contributed by atoms with Crippen LogP contribution in [0.4, 0.5) is 4.39 Å². The minimum atomic E-state index is -0.304. The molecule has 0 aliphatic rings. The van der Waals surface area contributed by atoms with E-state index in [2.05, 4.69) is 9.97 Å². The normalized spacial score (nSPS) is 12.3. The van der Waals surface area contributed by atoms with Crippen LogP contribution in [0.5, 0.6) is 0 Å². The molecule has 3 nitrogen and oxygen atoms in total. The molecule has 3 aromatic rings. The molecule has 0 spiro atoms. The van der Waals surface area contributed by atoms with Gasteiger partial charge in [-0.25, -0.2) is 9.37 Å². The number of halogens is 1. The van der Waals surface area contributed by atoms with Gasteiger partial charge in [0.1, 0.15) is 11.6 Å². The number of rotatable bonds is 3. The van der Waals surface area contributed by atoms with Crippen LogP contribution in [0.1, 0.15) is 23.0 Å². The van der Waals surface area contributed by atoms with E-state index in [0.29, 0.717) is 11.4 Å². The van der Waals surface area contributed by atoms with E-state index in [1.165, 1.54) is 6.07 Å². The first-order valence-electron chi connectivity index (χ1n) is 6.77. The average molecular weight is 281 g/mol. The molecule has 1 aromatic heterocycles. The Morgan fingerprint density at radius 1 is 1.14 bits per heavy atom. The number of nitrogens with one attached hydrogen (secondary N) is 1. The molecule has 0 bridgehead atoms. The zero-order valence-corrected chi connectivity index (χ0v) is 11.7. The van der Waals surface area contributed by atoms with E-state index in [0.717, 1.165) is 16.8 Å². The fourth-order valence-corrected chi connectivity index (χ4v) is 2.27. The summed E-state index contributed by atoms with van der Waals surface area (Å²) >= 11 is 0. The van der Waals surface area contributed by atoms with E-state index in [4.69, 9.17) is 5.73 Å². The molecule has 21 heavy (non-hydrogen) atoms. The monoisotopic (exact) mass is 281 g/mol. The minimum absolute atomic E-state index is 0.209. The highest BCUT2D eigenvalue weighted by atomic mass is 19.1. The molecule has 0 unspecified atom stereocenters. The molecule has 106 valence electrons. The maximum absolute atomic E-state index is 13.3. The molecule has 4 heteroatoms. The quantitative estimate of drug-likeness (QED) is 0.771. The third kappa shape index (κ3) is 2.71. The number of imidazole rings is 1. The van der Waals surface area contributed by atoms with Crippen molar-refractivity contribution in [2.45, 2.75) is 13.0 Å². The lowest BCUT2D eigenvalue weighted by molar-refractivity contribution is 0.619. The summed E-state index contributed by atoms with van der Waals surface area (Å²) in [6.45, 7) is 1.74. The van der Waals surface area contributed by atoms with Crippen LogP contribution in [0.15, 0.2) is 54.7 Å². The fraction of sp³-hybridized carbons (Fsp3) is 0.118. The number of benzene rings is 2. The number of nitrogens with zero attached hydrogens (tertiary/aromatic N) is 1. The number of H-pyrrole nitrogens is 1. The lowest BCUT2D eigenvalue weighted by Gasteiger charge is -2.08. The van der Waals surface area contributed by atoms with Crippen LogP contribution in [-0.2, 0) is 0 Å². The van der Waals surface area contributed by atoms with Crippen LogP contribution in [0, 0.1) is 12.7 Å². The molecule has 0 fully saturated rings. The van der Waals surface area contributed by atoms with Crippen molar-refractivity contribution in [2.24, 2.45) is 5.73 Å². The Labute approximate surface area is 122 Å². The van der Waals surface area contributed by atoms with Gasteiger partial charge in [-0.3, -0.25) is 0 Å². The third-order valence-electron chi connectivity index (χ3n) is 3.52. The van der Waals surface area contributed by atoms with E-state index < -0.39 is 0 Å². The largest absolute Gasteiger partial charge is 0.340 e. The molecule has 1 atom stereocenters. The SMILES string of the molecule is Cc1cc(-c2cnc([C@@H](N)c3ccccc3)[nH]2)ccc1F. The Balaban J connectivity index is 1.91. The van der Waals surface area contributed by atoms with Crippen molar-refractivity contribution in [3.8, 4) is 11.3 Å². The molecule has 3 rings (SSSR count). The van der Waals surface area contributed by atoms with Crippen LogP contribution < -0.4 is 5.73 Å². The van der Waals surface area contributed by atoms with Crippen molar-refractivity contribution >= 4 is 0 Å². The van der Waals surface area contributed by atoms with Gasteiger partial charge >= 0.3 is 0 Å². The van der Waals surface area contributed by atoms with Gasteiger partial charge in [0.25, 0.3) is 0 Å². The first kappa shape index (κ1) is 13.5. The summed E-state index contributed by atoms with van der Waals surface area (Å²) in [6, 6.07) is 14.5. The summed E-state index contributed by atoms with van der Waals surface area (Å²) in [6.07, 6.45) is 1.73. The molecular formula is C17H16FN3. The molecule has 0 amide bonds. The van der Waals surface area contributed by atoms with Gasteiger partial charge in [-0.2, -0.15) is 0 Å². The van der Waals surface area contributed by atoms with Gasteiger partial charge in [-0.1, -0.05) is 30.3 Å². The number of aryl methyl sites for hydroxylation is 1. The highest BCUT2D eigenvalue weighted by Crippen LogP contribution is 2.23. The van der Waals surface area contributed by atoms with Crippen LogP contribution in [0.25, 0.3) is 11.3 Å². The summed E-state index contributed by atoms with van der Waals surface area (Å²) in [7, 11) is 0. The summed E-state index contributed by atoms with van der Waals surface area (Å²) in [4.78, 5) is 7.56. The number of aromatic nitrogens is 2. The van der Waals surface area contributed by atoms with Crippen molar-refractivity contribution in [3.63, 3.8) is 0 Å². The number of hydrogen-bond donors (Lipinski definition) is 2. The van der Waals surface area contributed by atoms with Gasteiger partial charge in [-0.05, 0) is 36.2 Å². The molecule has 0 saturated carbocycles. The van der Waals surface area contributed by atoms with E-state index in [1.807, 2.05) is 30.3 Å². The molecule has 1 heterocycles. The number of aromatic amines is 1. The highest BCUT2D eigenvalue weighted by Gasteiger charge is 2.13. The van der Waals surface area contributed by atoms with Crippen molar-refractivity contribution in [3.05, 3.63) is 77.5 Å². The Bertz CT molecular complexity index is 750. The smallest absolute Gasteiger partial charge is 0.128 e. The van der Waals surface area contributed by atoms with Gasteiger partial charge in [0.2, 0.25) is 0 Å². The fourth-order valence-electron chi connectivity index (χ4n) is 2.27. The zero-order chi connectivity index (χ0) is 14.8. The molecule has 3 N–H and O–H groups in total. The second-order valence-corrected chi connectivity index (χ2v) is 5.03. The Hall–Kier alpha value is -2.46. The minimum Gasteiger partial charge on any atom is -0.340 e. The van der Waals surface area contributed by atoms with Crippen LogP contribution >= 0.6 is 0 Å². The molecular weight excluding hydrogens is 265 g/mol. The standard InChI is InChI=1S/C17H16FN3/c1-11-9-13(7-8-14(11)18)15-10-20-17(21-15)16(19)12-5-3-2-4-6-12/h2-10,16H,19H2,1H3,(H,20,21)/t16-/m0/s1. The van der Waals surface area contributed by atoms with Gasteiger partial charge < -0.3 is 10.7 Å². The Morgan fingerprint density at radius 2 is 1.90 bits per heavy atom.